The van der Waals surface area contributed by atoms with Gasteiger partial charge in [-0.15, -0.1) is 0 Å². The van der Waals surface area contributed by atoms with Crippen LogP contribution in [0.4, 0.5) is 0 Å². The van der Waals surface area contributed by atoms with Crippen molar-refractivity contribution >= 4 is 5.78 Å². The Bertz CT molecular complexity index is 620. The van der Waals surface area contributed by atoms with Gasteiger partial charge in [0.05, 0.1) is 5.92 Å². The summed E-state index contributed by atoms with van der Waals surface area (Å²) in [6.45, 7) is 4.73. The second kappa shape index (κ2) is 6.23. The third kappa shape index (κ3) is 3.22. The van der Waals surface area contributed by atoms with Gasteiger partial charge in [-0.3, -0.25) is 9.69 Å². The van der Waals surface area contributed by atoms with Gasteiger partial charge in [0.15, 0.2) is 0 Å². The number of piperidine rings is 1. The Morgan fingerprint density at radius 3 is 2.52 bits per heavy atom. The van der Waals surface area contributed by atoms with Gasteiger partial charge in [0, 0.05) is 26.1 Å². The van der Waals surface area contributed by atoms with E-state index in [0.29, 0.717) is 12.2 Å². The summed E-state index contributed by atoms with van der Waals surface area (Å²) in [5.41, 5.74) is 3.73. The molecular weight excluding hydrogens is 258 g/mol. The lowest BCUT2D eigenvalue weighted by Crippen LogP contribution is -2.39. The maximum absolute atomic E-state index is 12.3. The molecule has 1 aliphatic rings. The highest BCUT2D eigenvalue weighted by Crippen LogP contribution is 2.27. The van der Waals surface area contributed by atoms with Crippen LogP contribution in [0.15, 0.2) is 54.6 Å². The molecule has 1 fully saturated rings. The third-order valence-corrected chi connectivity index (χ3v) is 4.32. The van der Waals surface area contributed by atoms with Gasteiger partial charge in [-0.1, -0.05) is 54.6 Å². The summed E-state index contributed by atoms with van der Waals surface area (Å²) >= 11 is 0. The number of Topliss-reactive ketones (excluding diaryl/α,β-unsaturated/α-hetero) is 1. The van der Waals surface area contributed by atoms with E-state index in [0.717, 1.165) is 19.6 Å². The molecule has 0 unspecified atom stereocenters. The van der Waals surface area contributed by atoms with E-state index in [1.54, 1.807) is 0 Å². The molecular formula is C19H21NO. The van der Waals surface area contributed by atoms with Crippen molar-refractivity contribution in [3.8, 4) is 0 Å². The molecule has 0 N–H and O–H groups in total. The van der Waals surface area contributed by atoms with Crippen molar-refractivity contribution in [1.82, 2.24) is 4.90 Å². The monoisotopic (exact) mass is 279 g/mol. The molecule has 108 valence electrons. The summed E-state index contributed by atoms with van der Waals surface area (Å²) in [6, 6.07) is 18.8. The van der Waals surface area contributed by atoms with E-state index in [1.165, 1.54) is 16.7 Å². The van der Waals surface area contributed by atoms with Gasteiger partial charge in [-0.25, -0.2) is 0 Å². The molecule has 2 nitrogen and oxygen atoms in total. The predicted octanol–water partition coefficient (Wildman–Crippen LogP) is 3.55. The summed E-state index contributed by atoms with van der Waals surface area (Å²) in [6.07, 6.45) is 0.659. The minimum atomic E-state index is 0.0312. The fourth-order valence-electron chi connectivity index (χ4n) is 3.13. The average Bonchev–Trinajstić information content (AvgIpc) is 2.51. The predicted molar refractivity (Wildman–Crippen MR) is 85.3 cm³/mol. The molecule has 3 rings (SSSR count). The Morgan fingerprint density at radius 1 is 1.05 bits per heavy atom. The number of benzene rings is 2. The number of rotatable bonds is 3. The normalized spacial score (nSPS) is 19.7. The number of hydrogen-bond acceptors (Lipinski definition) is 2. The third-order valence-electron chi connectivity index (χ3n) is 4.32. The molecule has 0 spiro atoms. The number of ketones is 1. The number of aryl methyl sites for hydroxylation is 1. The van der Waals surface area contributed by atoms with Crippen molar-refractivity contribution < 1.29 is 4.79 Å². The first-order chi connectivity index (χ1) is 10.2. The van der Waals surface area contributed by atoms with Crippen molar-refractivity contribution in [2.24, 2.45) is 0 Å². The standard InChI is InChI=1S/C19H21NO/c1-15-7-5-6-10-17(15)18-14-20(12-11-19(18)21)13-16-8-3-2-4-9-16/h2-10,18H,11-14H2,1H3/t18-/m1/s1. The molecule has 0 radical (unpaired) electrons. The van der Waals surface area contributed by atoms with Gasteiger partial charge in [0.1, 0.15) is 5.78 Å². The quantitative estimate of drug-likeness (QED) is 0.856. The largest absolute Gasteiger partial charge is 0.299 e. The topological polar surface area (TPSA) is 20.3 Å². The zero-order chi connectivity index (χ0) is 14.7. The van der Waals surface area contributed by atoms with Gasteiger partial charge in [-0.05, 0) is 23.6 Å². The van der Waals surface area contributed by atoms with E-state index >= 15 is 0 Å². The molecule has 0 bridgehead atoms. The van der Waals surface area contributed by atoms with Crippen LogP contribution in [0.2, 0.25) is 0 Å². The Morgan fingerprint density at radius 2 is 1.76 bits per heavy atom. The first kappa shape index (κ1) is 14.0. The molecule has 2 aromatic rings. The van der Waals surface area contributed by atoms with Crippen LogP contribution < -0.4 is 0 Å². The molecule has 1 saturated heterocycles. The number of carbonyl (C=O) groups is 1. The van der Waals surface area contributed by atoms with Crippen LogP contribution in [-0.2, 0) is 11.3 Å². The maximum atomic E-state index is 12.3. The molecule has 0 saturated carbocycles. The zero-order valence-electron chi connectivity index (χ0n) is 12.5. The van der Waals surface area contributed by atoms with Crippen LogP contribution in [0.25, 0.3) is 0 Å². The Labute approximate surface area is 126 Å². The van der Waals surface area contributed by atoms with Gasteiger partial charge in [0.2, 0.25) is 0 Å². The molecule has 1 atom stereocenters. The van der Waals surface area contributed by atoms with Gasteiger partial charge >= 0.3 is 0 Å². The van der Waals surface area contributed by atoms with Crippen LogP contribution in [0, 0.1) is 6.92 Å². The van der Waals surface area contributed by atoms with E-state index < -0.39 is 0 Å². The van der Waals surface area contributed by atoms with E-state index in [1.807, 2.05) is 18.2 Å². The van der Waals surface area contributed by atoms with Crippen molar-refractivity contribution in [1.29, 1.82) is 0 Å². The summed E-state index contributed by atoms with van der Waals surface area (Å²) in [5, 5.41) is 0. The number of nitrogens with zero attached hydrogens (tertiary/aromatic N) is 1. The Balaban J connectivity index is 1.76. The fraction of sp³-hybridized carbons (Fsp3) is 0.316. The van der Waals surface area contributed by atoms with Crippen LogP contribution in [0.3, 0.4) is 0 Å². The minimum Gasteiger partial charge on any atom is -0.299 e. The van der Waals surface area contributed by atoms with E-state index in [-0.39, 0.29) is 5.92 Å². The van der Waals surface area contributed by atoms with Crippen molar-refractivity contribution in [3.05, 3.63) is 71.3 Å². The van der Waals surface area contributed by atoms with E-state index in [4.69, 9.17) is 0 Å². The highest BCUT2D eigenvalue weighted by Gasteiger charge is 2.29. The summed E-state index contributed by atoms with van der Waals surface area (Å²) in [4.78, 5) is 14.7. The summed E-state index contributed by atoms with van der Waals surface area (Å²) in [5.74, 6) is 0.414. The molecule has 1 heterocycles. The highest BCUT2D eigenvalue weighted by atomic mass is 16.1. The molecule has 2 aromatic carbocycles. The lowest BCUT2D eigenvalue weighted by molar-refractivity contribution is -0.123. The van der Waals surface area contributed by atoms with Crippen LogP contribution in [-0.4, -0.2) is 23.8 Å². The van der Waals surface area contributed by atoms with Gasteiger partial charge in [0.25, 0.3) is 0 Å². The molecule has 21 heavy (non-hydrogen) atoms. The summed E-state index contributed by atoms with van der Waals surface area (Å²) in [7, 11) is 0. The molecule has 0 aromatic heterocycles. The Kier molecular flexibility index (Phi) is 4.16. The van der Waals surface area contributed by atoms with E-state index in [9.17, 15) is 4.79 Å². The SMILES string of the molecule is Cc1ccccc1[C@H]1CN(Cc2ccccc2)CCC1=O. The fourth-order valence-corrected chi connectivity index (χ4v) is 3.13. The molecule has 0 aliphatic carbocycles. The highest BCUT2D eigenvalue weighted by molar-refractivity contribution is 5.87. The second-order valence-corrected chi connectivity index (χ2v) is 5.85. The zero-order valence-corrected chi connectivity index (χ0v) is 12.5. The molecule has 1 aliphatic heterocycles. The van der Waals surface area contributed by atoms with Crippen LogP contribution in [0.1, 0.15) is 29.0 Å². The Hall–Kier alpha value is -1.93. The minimum absolute atomic E-state index is 0.0312. The number of carbonyl (C=O) groups excluding carboxylic acids is 1. The van der Waals surface area contributed by atoms with Crippen LogP contribution >= 0.6 is 0 Å². The van der Waals surface area contributed by atoms with Crippen molar-refractivity contribution in [2.75, 3.05) is 13.1 Å². The smallest absolute Gasteiger partial charge is 0.142 e. The average molecular weight is 279 g/mol. The van der Waals surface area contributed by atoms with Gasteiger partial charge < -0.3 is 0 Å². The lowest BCUT2D eigenvalue weighted by Gasteiger charge is -2.32. The molecule has 2 heteroatoms. The first-order valence-electron chi connectivity index (χ1n) is 7.58. The maximum Gasteiger partial charge on any atom is 0.142 e. The number of likely N-dealkylation sites (tertiary alicyclic amines) is 1. The second-order valence-electron chi connectivity index (χ2n) is 5.85. The van der Waals surface area contributed by atoms with Crippen molar-refractivity contribution in [2.45, 2.75) is 25.8 Å². The van der Waals surface area contributed by atoms with Crippen LogP contribution in [0.5, 0.6) is 0 Å². The van der Waals surface area contributed by atoms with E-state index in [2.05, 4.69) is 48.2 Å². The first-order valence-corrected chi connectivity index (χ1v) is 7.58. The number of hydrogen-bond donors (Lipinski definition) is 0. The van der Waals surface area contributed by atoms with Gasteiger partial charge in [-0.2, -0.15) is 0 Å². The lowest BCUT2D eigenvalue weighted by atomic mass is 9.87. The van der Waals surface area contributed by atoms with Crippen molar-refractivity contribution in [3.63, 3.8) is 0 Å². The summed E-state index contributed by atoms with van der Waals surface area (Å²) < 4.78 is 0. The molecule has 0 amide bonds.